The number of rotatable bonds is 1. The Kier molecular flexibility index (Phi) is 3.34. The molecule has 94 valence electrons. The minimum atomic E-state index is -1.02. The van der Waals surface area contributed by atoms with E-state index in [2.05, 4.69) is 0 Å². The Balaban J connectivity index is 2.69. The third-order valence-corrected chi connectivity index (χ3v) is 4.02. The van der Waals surface area contributed by atoms with E-state index in [0.717, 1.165) is 28.9 Å². The second-order valence-electron chi connectivity index (χ2n) is 4.69. The number of aliphatic hydroxyl groups is 1. The largest absolute Gasteiger partial charge is 0.493 e. The molecule has 1 aromatic rings. The number of hydrogen-bond donors (Lipinski definition) is 2. The highest BCUT2D eigenvalue weighted by molar-refractivity contribution is 6.32. The van der Waals surface area contributed by atoms with Gasteiger partial charge in [0.1, 0.15) is 11.4 Å². The van der Waals surface area contributed by atoms with Crippen LogP contribution in [0.15, 0.2) is 6.07 Å². The van der Waals surface area contributed by atoms with E-state index in [1.165, 1.54) is 0 Å². The molecule has 0 fully saturated rings. The molecule has 0 saturated heterocycles. The van der Waals surface area contributed by atoms with Crippen molar-refractivity contribution in [2.24, 2.45) is 5.73 Å². The van der Waals surface area contributed by atoms with Gasteiger partial charge in [0.05, 0.1) is 6.61 Å². The minimum Gasteiger partial charge on any atom is -0.493 e. The van der Waals surface area contributed by atoms with Crippen molar-refractivity contribution >= 4 is 11.6 Å². The quantitative estimate of drug-likeness (QED) is 0.810. The third kappa shape index (κ3) is 2.03. The van der Waals surface area contributed by atoms with Crippen LogP contribution in [0.3, 0.4) is 0 Å². The van der Waals surface area contributed by atoms with Gasteiger partial charge in [-0.25, -0.2) is 0 Å². The number of nitrogens with two attached hydrogens (primary N) is 1. The van der Waals surface area contributed by atoms with Gasteiger partial charge in [-0.3, -0.25) is 0 Å². The summed E-state index contributed by atoms with van der Waals surface area (Å²) in [6.45, 7) is 4.63. The highest BCUT2D eigenvalue weighted by Crippen LogP contribution is 2.41. The molecular formula is C13H18ClNO2. The van der Waals surface area contributed by atoms with E-state index >= 15 is 0 Å². The van der Waals surface area contributed by atoms with Crippen molar-refractivity contribution in [1.82, 2.24) is 0 Å². The van der Waals surface area contributed by atoms with Gasteiger partial charge in [0, 0.05) is 17.1 Å². The van der Waals surface area contributed by atoms with Crippen LogP contribution in [0, 0.1) is 13.8 Å². The highest BCUT2D eigenvalue weighted by Gasteiger charge is 2.35. The van der Waals surface area contributed by atoms with Crippen LogP contribution in [-0.4, -0.2) is 18.3 Å². The molecule has 3 N–H and O–H groups in total. The van der Waals surface area contributed by atoms with E-state index in [1.54, 1.807) is 0 Å². The second-order valence-corrected chi connectivity index (χ2v) is 5.07. The van der Waals surface area contributed by atoms with Crippen LogP contribution in [0.4, 0.5) is 0 Å². The molecule has 0 saturated carbocycles. The van der Waals surface area contributed by atoms with Gasteiger partial charge in [-0.05, 0) is 43.9 Å². The minimum absolute atomic E-state index is 0.184. The standard InChI is InChI=1S/C13H18ClNO2/c1-8-6-10-11(9(2)12(8)14)13(16,7-15)4-3-5-17-10/h6,16H,3-5,7,15H2,1-2H3. The molecule has 3 nitrogen and oxygen atoms in total. The van der Waals surface area contributed by atoms with E-state index in [0.29, 0.717) is 18.1 Å². The number of aryl methyl sites for hydroxylation is 1. The predicted molar refractivity (Wildman–Crippen MR) is 68.6 cm³/mol. The topological polar surface area (TPSA) is 55.5 Å². The lowest BCUT2D eigenvalue weighted by atomic mass is 9.85. The molecule has 1 aliphatic rings. The van der Waals surface area contributed by atoms with Gasteiger partial charge >= 0.3 is 0 Å². The summed E-state index contributed by atoms with van der Waals surface area (Å²) in [5.41, 5.74) is 7.30. The van der Waals surface area contributed by atoms with Crippen molar-refractivity contribution in [3.63, 3.8) is 0 Å². The summed E-state index contributed by atoms with van der Waals surface area (Å²) >= 11 is 6.24. The van der Waals surface area contributed by atoms with E-state index < -0.39 is 5.60 Å². The summed E-state index contributed by atoms with van der Waals surface area (Å²) in [5, 5.41) is 11.3. The van der Waals surface area contributed by atoms with Crippen molar-refractivity contribution in [3.05, 3.63) is 27.8 Å². The summed E-state index contributed by atoms with van der Waals surface area (Å²) in [4.78, 5) is 0. The van der Waals surface area contributed by atoms with Gasteiger partial charge in [0.2, 0.25) is 0 Å². The van der Waals surface area contributed by atoms with E-state index in [-0.39, 0.29) is 6.54 Å². The zero-order valence-corrected chi connectivity index (χ0v) is 11.0. The number of benzene rings is 1. The molecule has 1 aliphatic heterocycles. The molecule has 17 heavy (non-hydrogen) atoms. The van der Waals surface area contributed by atoms with Gasteiger partial charge in [0.15, 0.2) is 0 Å². The molecule has 2 rings (SSSR count). The Labute approximate surface area is 107 Å². The first kappa shape index (κ1) is 12.7. The highest BCUT2D eigenvalue weighted by atomic mass is 35.5. The van der Waals surface area contributed by atoms with Gasteiger partial charge in [0.25, 0.3) is 0 Å². The van der Waals surface area contributed by atoms with E-state index in [1.807, 2.05) is 19.9 Å². The summed E-state index contributed by atoms with van der Waals surface area (Å²) in [6, 6.07) is 1.89. The summed E-state index contributed by atoms with van der Waals surface area (Å²) < 4.78 is 5.69. The summed E-state index contributed by atoms with van der Waals surface area (Å²) in [6.07, 6.45) is 1.40. The van der Waals surface area contributed by atoms with Crippen molar-refractivity contribution in [3.8, 4) is 5.75 Å². The van der Waals surface area contributed by atoms with Crippen LogP contribution in [0.1, 0.15) is 29.5 Å². The maximum Gasteiger partial charge on any atom is 0.126 e. The lowest BCUT2D eigenvalue weighted by Crippen LogP contribution is -2.35. The molecule has 1 aromatic carbocycles. The van der Waals surface area contributed by atoms with Crippen molar-refractivity contribution in [2.75, 3.05) is 13.2 Å². The average molecular weight is 256 g/mol. The monoisotopic (exact) mass is 255 g/mol. The van der Waals surface area contributed by atoms with Gasteiger partial charge in [-0.15, -0.1) is 0 Å². The molecule has 1 heterocycles. The predicted octanol–water partition coefficient (Wildman–Crippen LogP) is 2.28. The Morgan fingerprint density at radius 2 is 2.24 bits per heavy atom. The molecule has 1 atom stereocenters. The molecule has 1 unspecified atom stereocenters. The molecule has 0 bridgehead atoms. The smallest absolute Gasteiger partial charge is 0.126 e. The maximum absolute atomic E-state index is 10.6. The first-order valence-corrected chi connectivity index (χ1v) is 6.23. The maximum atomic E-state index is 10.6. The van der Waals surface area contributed by atoms with Crippen LogP contribution in [0.5, 0.6) is 5.75 Å². The SMILES string of the molecule is Cc1cc2c(c(C)c1Cl)C(O)(CN)CCCO2. The first-order valence-electron chi connectivity index (χ1n) is 5.85. The number of hydrogen-bond acceptors (Lipinski definition) is 3. The molecular weight excluding hydrogens is 238 g/mol. The lowest BCUT2D eigenvalue weighted by Gasteiger charge is -2.28. The van der Waals surface area contributed by atoms with Gasteiger partial charge in [-0.2, -0.15) is 0 Å². The normalized spacial score (nSPS) is 23.8. The fourth-order valence-electron chi connectivity index (χ4n) is 2.49. The summed E-state index contributed by atoms with van der Waals surface area (Å²) in [5.74, 6) is 0.717. The zero-order valence-electron chi connectivity index (χ0n) is 10.2. The third-order valence-electron chi connectivity index (χ3n) is 3.44. The lowest BCUT2D eigenvalue weighted by molar-refractivity contribution is 0.0368. The van der Waals surface area contributed by atoms with Crippen molar-refractivity contribution in [2.45, 2.75) is 32.3 Å². The molecule has 4 heteroatoms. The molecule has 0 radical (unpaired) electrons. The van der Waals surface area contributed by atoms with Crippen LogP contribution in [-0.2, 0) is 5.60 Å². The fourth-order valence-corrected chi connectivity index (χ4v) is 2.64. The van der Waals surface area contributed by atoms with Crippen LogP contribution >= 0.6 is 11.6 Å². The molecule has 0 aliphatic carbocycles. The molecule has 0 spiro atoms. The molecule has 0 amide bonds. The number of ether oxygens (including phenoxy) is 1. The Hall–Kier alpha value is -0.770. The van der Waals surface area contributed by atoms with Crippen LogP contribution < -0.4 is 10.5 Å². The van der Waals surface area contributed by atoms with Crippen LogP contribution in [0.2, 0.25) is 5.02 Å². The fraction of sp³-hybridized carbons (Fsp3) is 0.538. The summed E-state index contributed by atoms with van der Waals surface area (Å²) in [7, 11) is 0. The van der Waals surface area contributed by atoms with Gasteiger partial charge in [-0.1, -0.05) is 11.6 Å². The Morgan fingerprint density at radius 3 is 2.88 bits per heavy atom. The number of halogens is 1. The van der Waals surface area contributed by atoms with E-state index in [4.69, 9.17) is 22.1 Å². The second kappa shape index (κ2) is 4.48. The average Bonchev–Trinajstić information content (AvgIpc) is 2.46. The van der Waals surface area contributed by atoms with Gasteiger partial charge < -0.3 is 15.6 Å². The van der Waals surface area contributed by atoms with Crippen molar-refractivity contribution in [1.29, 1.82) is 0 Å². The van der Waals surface area contributed by atoms with E-state index in [9.17, 15) is 5.11 Å². The first-order chi connectivity index (χ1) is 7.99. The molecule has 0 aromatic heterocycles. The Morgan fingerprint density at radius 1 is 1.53 bits per heavy atom. The Bertz CT molecular complexity index is 448. The zero-order chi connectivity index (χ0) is 12.6. The number of fused-ring (bicyclic) bond motifs is 1. The van der Waals surface area contributed by atoms with Crippen molar-refractivity contribution < 1.29 is 9.84 Å². The van der Waals surface area contributed by atoms with Crippen LogP contribution in [0.25, 0.3) is 0 Å².